The molecule has 1 aliphatic rings. The summed E-state index contributed by atoms with van der Waals surface area (Å²) in [5.74, 6) is -0.446. The quantitative estimate of drug-likeness (QED) is 0.814. The minimum absolute atomic E-state index is 0.160. The van der Waals surface area contributed by atoms with Crippen molar-refractivity contribution >= 4 is 11.8 Å². The van der Waals surface area contributed by atoms with E-state index in [0.29, 0.717) is 18.5 Å². The molecule has 94 valence electrons. The van der Waals surface area contributed by atoms with E-state index < -0.39 is 0 Å². The summed E-state index contributed by atoms with van der Waals surface area (Å²) < 4.78 is 0. The number of hydrogen-bond acceptors (Lipinski definition) is 3. The zero-order chi connectivity index (χ0) is 13.1. The number of nitrogens with zero attached hydrogens (tertiary/aromatic N) is 1. The highest BCUT2D eigenvalue weighted by atomic mass is 16.2. The van der Waals surface area contributed by atoms with E-state index in [4.69, 9.17) is 5.73 Å². The first-order chi connectivity index (χ1) is 8.59. The highest BCUT2D eigenvalue weighted by molar-refractivity contribution is 6.15. The summed E-state index contributed by atoms with van der Waals surface area (Å²) in [6.45, 7) is 2.01. The Bertz CT molecular complexity index is 494. The van der Waals surface area contributed by atoms with Crippen molar-refractivity contribution in [1.82, 2.24) is 4.90 Å². The van der Waals surface area contributed by atoms with E-state index in [9.17, 15) is 9.59 Å². The maximum Gasteiger partial charge on any atom is 0.256 e. The molecule has 4 nitrogen and oxygen atoms in total. The molecule has 1 atom stereocenters. The number of imide groups is 1. The van der Waals surface area contributed by atoms with Crippen LogP contribution in [0.4, 0.5) is 0 Å². The summed E-state index contributed by atoms with van der Waals surface area (Å²) >= 11 is 0. The maximum absolute atomic E-state index is 11.7. The molecule has 0 saturated heterocycles. The Morgan fingerprint density at radius 1 is 1.22 bits per heavy atom. The molecule has 4 heteroatoms. The average molecular weight is 244 g/mol. The molecule has 18 heavy (non-hydrogen) atoms. The molecule has 0 bridgehead atoms. The highest BCUT2D eigenvalue weighted by Gasteiger charge is 2.28. The third kappa shape index (κ3) is 2.49. The van der Waals surface area contributed by atoms with Gasteiger partial charge in [0.25, 0.3) is 11.8 Å². The van der Waals surface area contributed by atoms with Gasteiger partial charge in [0.15, 0.2) is 0 Å². The Hall–Kier alpha value is -1.94. The number of nitrogens with two attached hydrogens (primary N) is 1. The molecule has 1 heterocycles. The number of amides is 2. The summed E-state index contributed by atoms with van der Waals surface area (Å²) in [6.07, 6.45) is 1.94. The van der Waals surface area contributed by atoms with Crippen LogP contribution in [0.5, 0.6) is 0 Å². The fourth-order valence-corrected chi connectivity index (χ4v) is 1.98. The molecule has 0 fully saturated rings. The number of benzene rings is 1. The van der Waals surface area contributed by atoms with Crippen LogP contribution >= 0.6 is 0 Å². The van der Waals surface area contributed by atoms with Crippen molar-refractivity contribution in [3.63, 3.8) is 0 Å². The normalized spacial score (nSPS) is 17.0. The van der Waals surface area contributed by atoms with Crippen LogP contribution in [0.3, 0.4) is 0 Å². The molecule has 2 N–H and O–H groups in total. The number of hydrogen-bond donors (Lipinski definition) is 1. The van der Waals surface area contributed by atoms with Crippen LogP contribution < -0.4 is 5.73 Å². The summed E-state index contributed by atoms with van der Waals surface area (Å²) in [4.78, 5) is 24.4. The fourth-order valence-electron chi connectivity index (χ4n) is 1.98. The van der Waals surface area contributed by atoms with E-state index in [1.807, 2.05) is 30.3 Å². The van der Waals surface area contributed by atoms with Crippen LogP contribution in [0.2, 0.25) is 0 Å². The van der Waals surface area contributed by atoms with Gasteiger partial charge in [-0.15, -0.1) is 0 Å². The van der Waals surface area contributed by atoms with Gasteiger partial charge in [-0.2, -0.15) is 0 Å². The Morgan fingerprint density at radius 2 is 1.89 bits per heavy atom. The molecule has 1 aromatic rings. The van der Waals surface area contributed by atoms with Crippen molar-refractivity contribution in [2.24, 2.45) is 5.73 Å². The summed E-state index contributed by atoms with van der Waals surface area (Å²) in [7, 11) is 0. The van der Waals surface area contributed by atoms with Gasteiger partial charge in [-0.1, -0.05) is 30.3 Å². The molecule has 1 aromatic carbocycles. The lowest BCUT2D eigenvalue weighted by Crippen LogP contribution is -2.33. The van der Waals surface area contributed by atoms with E-state index in [2.05, 4.69) is 0 Å². The van der Waals surface area contributed by atoms with Crippen molar-refractivity contribution in [2.45, 2.75) is 19.4 Å². The lowest BCUT2D eigenvalue weighted by molar-refractivity contribution is -0.137. The SMILES string of the molecule is CC1=CC(=O)N(CCC(N)c2ccccc2)C1=O. The first kappa shape index (κ1) is 12.5. The maximum atomic E-state index is 11.7. The van der Waals surface area contributed by atoms with Crippen molar-refractivity contribution in [2.75, 3.05) is 6.54 Å². The van der Waals surface area contributed by atoms with Crippen LogP contribution in [0.1, 0.15) is 24.9 Å². The average Bonchev–Trinajstić information content (AvgIpc) is 2.62. The van der Waals surface area contributed by atoms with Gasteiger partial charge in [-0.3, -0.25) is 14.5 Å². The number of rotatable bonds is 4. The molecule has 0 aliphatic carbocycles. The van der Waals surface area contributed by atoms with Crippen LogP contribution in [0, 0.1) is 0 Å². The smallest absolute Gasteiger partial charge is 0.256 e. The zero-order valence-electron chi connectivity index (χ0n) is 10.3. The molecule has 0 aromatic heterocycles. The van der Waals surface area contributed by atoms with Crippen LogP contribution in [0.25, 0.3) is 0 Å². The predicted octanol–water partition coefficient (Wildman–Crippen LogP) is 1.39. The third-order valence-electron chi connectivity index (χ3n) is 3.08. The molecule has 2 amide bonds. The van der Waals surface area contributed by atoms with Crippen molar-refractivity contribution in [3.8, 4) is 0 Å². The van der Waals surface area contributed by atoms with E-state index in [1.54, 1.807) is 6.92 Å². The van der Waals surface area contributed by atoms with E-state index in [1.165, 1.54) is 11.0 Å². The lowest BCUT2D eigenvalue weighted by Gasteiger charge is -2.18. The van der Waals surface area contributed by atoms with E-state index in [-0.39, 0.29) is 17.9 Å². The Labute approximate surface area is 106 Å². The highest BCUT2D eigenvalue weighted by Crippen LogP contribution is 2.17. The van der Waals surface area contributed by atoms with E-state index in [0.717, 1.165) is 5.56 Å². The Balaban J connectivity index is 1.93. The fraction of sp³-hybridized carbons (Fsp3) is 0.286. The second-order valence-electron chi connectivity index (χ2n) is 4.43. The topological polar surface area (TPSA) is 63.4 Å². The van der Waals surface area contributed by atoms with Gasteiger partial charge < -0.3 is 5.73 Å². The summed E-state index contributed by atoms with van der Waals surface area (Å²) in [6, 6.07) is 9.51. The molecule has 0 spiro atoms. The molecule has 0 radical (unpaired) electrons. The molecule has 1 aliphatic heterocycles. The van der Waals surface area contributed by atoms with Crippen molar-refractivity contribution < 1.29 is 9.59 Å². The number of carbonyl (C=O) groups excluding carboxylic acids is 2. The van der Waals surface area contributed by atoms with Crippen LogP contribution in [-0.2, 0) is 9.59 Å². The second kappa shape index (κ2) is 5.14. The second-order valence-corrected chi connectivity index (χ2v) is 4.43. The van der Waals surface area contributed by atoms with Gasteiger partial charge in [-0.05, 0) is 18.9 Å². The standard InChI is InChI=1S/C14H16N2O2/c1-10-9-13(17)16(14(10)18)8-7-12(15)11-5-3-2-4-6-11/h2-6,9,12H,7-8,15H2,1H3. The molecular formula is C14H16N2O2. The summed E-state index contributed by atoms with van der Waals surface area (Å²) in [5.41, 5.74) is 7.54. The predicted molar refractivity (Wildman–Crippen MR) is 68.5 cm³/mol. The Morgan fingerprint density at radius 3 is 2.44 bits per heavy atom. The molecule has 0 saturated carbocycles. The van der Waals surface area contributed by atoms with Crippen LogP contribution in [0.15, 0.2) is 42.0 Å². The monoisotopic (exact) mass is 244 g/mol. The van der Waals surface area contributed by atoms with Gasteiger partial charge >= 0.3 is 0 Å². The summed E-state index contributed by atoms with van der Waals surface area (Å²) in [5, 5.41) is 0. The third-order valence-corrected chi connectivity index (χ3v) is 3.08. The molecular weight excluding hydrogens is 228 g/mol. The minimum Gasteiger partial charge on any atom is -0.324 e. The number of carbonyl (C=O) groups is 2. The molecule has 2 rings (SSSR count). The van der Waals surface area contributed by atoms with Gasteiger partial charge in [0.1, 0.15) is 0 Å². The zero-order valence-corrected chi connectivity index (χ0v) is 10.3. The van der Waals surface area contributed by atoms with Crippen LogP contribution in [-0.4, -0.2) is 23.3 Å². The van der Waals surface area contributed by atoms with Gasteiger partial charge in [0.05, 0.1) is 0 Å². The molecule has 1 unspecified atom stereocenters. The lowest BCUT2D eigenvalue weighted by atomic mass is 10.0. The first-order valence-electron chi connectivity index (χ1n) is 5.94. The van der Waals surface area contributed by atoms with Crippen molar-refractivity contribution in [1.29, 1.82) is 0 Å². The first-order valence-corrected chi connectivity index (χ1v) is 5.94. The van der Waals surface area contributed by atoms with Gasteiger partial charge in [0.2, 0.25) is 0 Å². The van der Waals surface area contributed by atoms with Crippen molar-refractivity contribution in [3.05, 3.63) is 47.5 Å². The van der Waals surface area contributed by atoms with Gasteiger partial charge in [0, 0.05) is 24.2 Å². The van der Waals surface area contributed by atoms with E-state index >= 15 is 0 Å². The van der Waals surface area contributed by atoms with Gasteiger partial charge in [-0.25, -0.2) is 0 Å². The minimum atomic E-state index is -0.238. The Kier molecular flexibility index (Phi) is 3.58. The largest absolute Gasteiger partial charge is 0.324 e.